The van der Waals surface area contributed by atoms with Crippen molar-refractivity contribution in [1.82, 2.24) is 9.88 Å². The highest BCUT2D eigenvalue weighted by Gasteiger charge is 2.28. The van der Waals surface area contributed by atoms with Crippen LogP contribution in [0.1, 0.15) is 36.1 Å². The zero-order chi connectivity index (χ0) is 21.6. The zero-order valence-corrected chi connectivity index (χ0v) is 18.0. The van der Waals surface area contributed by atoms with Crippen molar-refractivity contribution in [1.29, 1.82) is 0 Å². The van der Waals surface area contributed by atoms with Crippen LogP contribution in [0.15, 0.2) is 84.2 Å². The van der Waals surface area contributed by atoms with E-state index in [4.69, 9.17) is 0 Å². The Bertz CT molecular complexity index is 1100. The highest BCUT2D eigenvalue weighted by Crippen LogP contribution is 2.33. The van der Waals surface area contributed by atoms with Gasteiger partial charge in [0.1, 0.15) is 0 Å². The van der Waals surface area contributed by atoms with Crippen LogP contribution in [-0.2, 0) is 15.3 Å². The Morgan fingerprint density at radius 1 is 1.06 bits per heavy atom. The van der Waals surface area contributed by atoms with Crippen LogP contribution in [0.5, 0.6) is 0 Å². The topological polar surface area (TPSA) is 62.3 Å². The molecule has 2 heterocycles. The average Bonchev–Trinajstić information content (AvgIpc) is 2.79. The van der Waals surface area contributed by atoms with Crippen molar-refractivity contribution >= 4 is 35.3 Å². The molecule has 31 heavy (non-hydrogen) atoms. The first-order chi connectivity index (χ1) is 15.1. The number of fused-ring (bicyclic) bond motifs is 1. The molecule has 1 N–H and O–H groups in total. The fourth-order valence-corrected chi connectivity index (χ4v) is 4.42. The Hall–Kier alpha value is -3.38. The Kier molecular flexibility index (Phi) is 6.48. The van der Waals surface area contributed by atoms with Gasteiger partial charge >= 0.3 is 0 Å². The van der Waals surface area contributed by atoms with E-state index in [9.17, 15) is 9.59 Å². The average molecular weight is 430 g/mol. The summed E-state index contributed by atoms with van der Waals surface area (Å²) in [6.07, 6.45) is 7.50. The van der Waals surface area contributed by atoms with Crippen LogP contribution in [0.4, 0.5) is 5.69 Å². The fraction of sp³-hybridized carbons (Fsp3) is 0.160. The van der Waals surface area contributed by atoms with Crippen molar-refractivity contribution in [3.05, 3.63) is 95.9 Å². The predicted molar refractivity (Wildman–Crippen MR) is 124 cm³/mol. The molecular formula is C25H23N3O2S. The number of aromatic nitrogens is 1. The molecule has 5 nitrogen and oxygen atoms in total. The summed E-state index contributed by atoms with van der Waals surface area (Å²) in [7, 11) is 0. The number of hydrogen-bond donors (Lipinski definition) is 1. The zero-order valence-electron chi connectivity index (χ0n) is 17.2. The van der Waals surface area contributed by atoms with E-state index < -0.39 is 0 Å². The standard InChI is InChI=1S/C25H23N3O2S/c1-18(29)28-14-12-20-6-2-3-7-23(20)24(28)15-25(30)27-21-8-10-22(11-9-21)31-17-19-5-4-13-26-16-19/h2-14,16,24H,15,17H2,1H3,(H,27,30)/t24-/m0/s1. The van der Waals surface area contributed by atoms with Crippen LogP contribution in [0.3, 0.4) is 0 Å². The molecule has 0 radical (unpaired) electrons. The molecule has 3 aromatic rings. The highest BCUT2D eigenvalue weighted by molar-refractivity contribution is 7.98. The van der Waals surface area contributed by atoms with Crippen LogP contribution in [0.2, 0.25) is 0 Å². The van der Waals surface area contributed by atoms with Gasteiger partial charge < -0.3 is 10.2 Å². The van der Waals surface area contributed by atoms with Crippen molar-refractivity contribution < 1.29 is 9.59 Å². The van der Waals surface area contributed by atoms with Crippen LogP contribution in [0, 0.1) is 0 Å². The predicted octanol–water partition coefficient (Wildman–Crippen LogP) is 5.28. The number of carbonyl (C=O) groups excluding carboxylic acids is 2. The molecule has 0 fully saturated rings. The van der Waals surface area contributed by atoms with E-state index in [0.29, 0.717) is 0 Å². The van der Waals surface area contributed by atoms with Gasteiger partial charge in [-0.1, -0.05) is 30.3 Å². The first-order valence-electron chi connectivity index (χ1n) is 10.1. The molecule has 1 aromatic heterocycles. The summed E-state index contributed by atoms with van der Waals surface area (Å²) in [6.45, 7) is 1.52. The van der Waals surface area contributed by atoms with Gasteiger partial charge in [0.2, 0.25) is 11.8 Å². The van der Waals surface area contributed by atoms with Gasteiger partial charge in [-0.2, -0.15) is 0 Å². The molecule has 4 rings (SSSR count). The molecule has 156 valence electrons. The summed E-state index contributed by atoms with van der Waals surface area (Å²) in [4.78, 5) is 31.7. The maximum atomic E-state index is 12.8. The molecule has 1 aliphatic heterocycles. The minimum atomic E-state index is -0.312. The van der Waals surface area contributed by atoms with Gasteiger partial charge in [-0.25, -0.2) is 0 Å². The van der Waals surface area contributed by atoms with E-state index in [1.807, 2.05) is 66.9 Å². The lowest BCUT2D eigenvalue weighted by Crippen LogP contribution is -2.33. The van der Waals surface area contributed by atoms with Crippen molar-refractivity contribution in [3.8, 4) is 0 Å². The van der Waals surface area contributed by atoms with Crippen molar-refractivity contribution in [3.63, 3.8) is 0 Å². The number of carbonyl (C=O) groups is 2. The lowest BCUT2D eigenvalue weighted by molar-refractivity contribution is -0.129. The van der Waals surface area contributed by atoms with Gasteiger partial charge in [-0.15, -0.1) is 11.8 Å². The number of amides is 2. The molecular weight excluding hydrogens is 406 g/mol. The number of benzene rings is 2. The van der Waals surface area contributed by atoms with Gasteiger partial charge in [0.15, 0.2) is 0 Å². The fourth-order valence-electron chi connectivity index (χ4n) is 3.59. The summed E-state index contributed by atoms with van der Waals surface area (Å²) in [5, 5.41) is 2.96. The van der Waals surface area contributed by atoms with Gasteiger partial charge in [-0.05, 0) is 53.1 Å². The van der Waals surface area contributed by atoms with Crippen molar-refractivity contribution in [2.24, 2.45) is 0 Å². The van der Waals surface area contributed by atoms with E-state index in [1.54, 1.807) is 29.1 Å². The minimum absolute atomic E-state index is 0.0847. The Morgan fingerprint density at radius 3 is 2.61 bits per heavy atom. The molecule has 1 aliphatic rings. The minimum Gasteiger partial charge on any atom is -0.326 e. The number of pyridine rings is 1. The second-order valence-electron chi connectivity index (χ2n) is 7.31. The first-order valence-corrected chi connectivity index (χ1v) is 11.1. The lowest BCUT2D eigenvalue weighted by atomic mass is 9.93. The summed E-state index contributed by atoms with van der Waals surface area (Å²) in [5.74, 6) is 0.630. The number of nitrogens with one attached hydrogen (secondary N) is 1. The van der Waals surface area contributed by atoms with Crippen LogP contribution >= 0.6 is 11.8 Å². The summed E-state index contributed by atoms with van der Waals surface area (Å²) < 4.78 is 0. The van der Waals surface area contributed by atoms with Crippen LogP contribution < -0.4 is 5.32 Å². The maximum Gasteiger partial charge on any atom is 0.226 e. The van der Waals surface area contributed by atoms with Gasteiger partial charge in [0.25, 0.3) is 0 Å². The highest BCUT2D eigenvalue weighted by atomic mass is 32.2. The monoisotopic (exact) mass is 429 g/mol. The van der Waals surface area contributed by atoms with E-state index in [0.717, 1.165) is 27.5 Å². The summed E-state index contributed by atoms with van der Waals surface area (Å²) in [6, 6.07) is 19.3. The molecule has 0 spiro atoms. The van der Waals surface area contributed by atoms with E-state index in [-0.39, 0.29) is 24.3 Å². The molecule has 6 heteroatoms. The van der Waals surface area contributed by atoms with Crippen molar-refractivity contribution in [2.75, 3.05) is 5.32 Å². The van der Waals surface area contributed by atoms with Crippen LogP contribution in [-0.4, -0.2) is 21.7 Å². The molecule has 0 saturated heterocycles. The number of thioether (sulfide) groups is 1. The van der Waals surface area contributed by atoms with Gasteiger partial charge in [0, 0.05) is 41.9 Å². The lowest BCUT2D eigenvalue weighted by Gasteiger charge is -2.32. The molecule has 2 aromatic carbocycles. The molecule has 0 unspecified atom stereocenters. The van der Waals surface area contributed by atoms with E-state index in [2.05, 4.69) is 16.4 Å². The first kappa shape index (κ1) is 20.9. The van der Waals surface area contributed by atoms with E-state index >= 15 is 0 Å². The third-order valence-corrected chi connectivity index (χ3v) is 6.20. The molecule has 0 bridgehead atoms. The number of anilines is 1. The quantitative estimate of drug-likeness (QED) is 0.542. The summed E-state index contributed by atoms with van der Waals surface area (Å²) in [5.41, 5.74) is 3.93. The Morgan fingerprint density at radius 2 is 1.87 bits per heavy atom. The Balaban J connectivity index is 1.39. The largest absolute Gasteiger partial charge is 0.326 e. The summed E-state index contributed by atoms with van der Waals surface area (Å²) >= 11 is 1.72. The second kappa shape index (κ2) is 9.62. The molecule has 2 amide bonds. The maximum absolute atomic E-state index is 12.8. The molecule has 0 saturated carbocycles. The SMILES string of the molecule is CC(=O)N1C=Cc2ccccc2[C@@H]1CC(=O)Nc1ccc(SCc2cccnc2)cc1. The van der Waals surface area contributed by atoms with E-state index in [1.165, 1.54) is 12.5 Å². The smallest absolute Gasteiger partial charge is 0.226 e. The number of nitrogens with zero attached hydrogens (tertiary/aromatic N) is 2. The van der Waals surface area contributed by atoms with Crippen LogP contribution in [0.25, 0.3) is 6.08 Å². The number of hydrogen-bond acceptors (Lipinski definition) is 4. The number of rotatable bonds is 6. The Labute approximate surface area is 186 Å². The third-order valence-electron chi connectivity index (χ3n) is 5.11. The molecule has 0 aliphatic carbocycles. The second-order valence-corrected chi connectivity index (χ2v) is 8.36. The third kappa shape index (κ3) is 5.22. The normalized spacial score (nSPS) is 14.7. The molecule has 1 atom stereocenters. The van der Waals surface area contributed by atoms with Crippen molar-refractivity contribution in [2.45, 2.75) is 30.0 Å². The van der Waals surface area contributed by atoms with Gasteiger partial charge in [0.05, 0.1) is 12.5 Å². The van der Waals surface area contributed by atoms with Gasteiger partial charge in [-0.3, -0.25) is 14.6 Å².